The molecule has 1 aromatic rings. The number of hydrogen-bond acceptors (Lipinski definition) is 2. The Morgan fingerprint density at radius 3 is 2.90 bits per heavy atom. The highest BCUT2D eigenvalue weighted by atomic mass is 79.9. The second-order valence-electron chi connectivity index (χ2n) is 5.21. The number of amides is 1. The molecule has 0 radical (unpaired) electrons. The van der Waals surface area contributed by atoms with Crippen LogP contribution in [0.3, 0.4) is 0 Å². The van der Waals surface area contributed by atoms with E-state index in [0.29, 0.717) is 22.5 Å². The average molecular weight is 343 g/mol. The summed E-state index contributed by atoms with van der Waals surface area (Å²) in [5.74, 6) is 0.000958. The van der Waals surface area contributed by atoms with Gasteiger partial charge >= 0.3 is 0 Å². The number of halogens is 2. The minimum Gasteiger partial charge on any atom is -0.339 e. The van der Waals surface area contributed by atoms with Gasteiger partial charge in [0.15, 0.2) is 0 Å². The summed E-state index contributed by atoms with van der Waals surface area (Å²) in [7, 11) is 0. The Bertz CT molecular complexity index is 455. The monoisotopic (exact) mass is 342 g/mol. The number of rotatable bonds is 4. The predicted molar refractivity (Wildman–Crippen MR) is 81.3 cm³/mol. The van der Waals surface area contributed by atoms with Crippen molar-refractivity contribution in [2.24, 2.45) is 5.92 Å². The number of nitrogens with one attached hydrogen (secondary N) is 1. The zero-order chi connectivity index (χ0) is 14.5. The van der Waals surface area contributed by atoms with Gasteiger partial charge in [-0.1, -0.05) is 15.9 Å². The maximum absolute atomic E-state index is 13.4. The summed E-state index contributed by atoms with van der Waals surface area (Å²) in [5, 5.41) is 3.36. The fraction of sp³-hybridized carbons (Fsp3) is 0.533. The van der Waals surface area contributed by atoms with Crippen molar-refractivity contribution >= 4 is 21.8 Å². The van der Waals surface area contributed by atoms with Gasteiger partial charge in [0.2, 0.25) is 0 Å². The molecule has 1 N–H and O–H groups in total. The van der Waals surface area contributed by atoms with E-state index in [1.807, 2.05) is 6.92 Å². The first-order chi connectivity index (χ1) is 9.60. The van der Waals surface area contributed by atoms with Crippen molar-refractivity contribution in [2.75, 3.05) is 26.2 Å². The molecule has 110 valence electrons. The lowest BCUT2D eigenvalue weighted by molar-refractivity contribution is 0.0728. The highest BCUT2D eigenvalue weighted by molar-refractivity contribution is 9.10. The summed E-state index contributed by atoms with van der Waals surface area (Å²) in [4.78, 5) is 14.3. The Hall–Kier alpha value is -0.940. The molecule has 1 aromatic carbocycles. The molecule has 2 rings (SSSR count). The summed E-state index contributed by atoms with van der Waals surface area (Å²) in [6.07, 6.45) is 2.30. The van der Waals surface area contributed by atoms with E-state index in [-0.39, 0.29) is 5.91 Å². The number of piperidine rings is 1. The third-order valence-electron chi connectivity index (χ3n) is 3.66. The topological polar surface area (TPSA) is 32.3 Å². The van der Waals surface area contributed by atoms with Gasteiger partial charge in [-0.05, 0) is 57.0 Å². The average Bonchev–Trinajstić information content (AvgIpc) is 2.44. The fourth-order valence-corrected chi connectivity index (χ4v) is 3.07. The normalized spacial score (nSPS) is 18.9. The number of nitrogens with zero attached hydrogens (tertiary/aromatic N) is 1. The molecule has 1 unspecified atom stereocenters. The van der Waals surface area contributed by atoms with Crippen LogP contribution in [-0.4, -0.2) is 37.0 Å². The van der Waals surface area contributed by atoms with E-state index in [2.05, 4.69) is 21.2 Å². The molecular weight excluding hydrogens is 323 g/mol. The highest BCUT2D eigenvalue weighted by Gasteiger charge is 2.21. The molecule has 1 aliphatic heterocycles. The Balaban J connectivity index is 2.07. The summed E-state index contributed by atoms with van der Waals surface area (Å²) < 4.78 is 14.0. The third kappa shape index (κ3) is 4.03. The summed E-state index contributed by atoms with van der Waals surface area (Å²) in [6.45, 7) is 5.35. The standard InChI is InChI=1S/C15H20BrFN2O/c1-2-19(10-11-4-3-5-18-9-11)15(20)12-6-13(16)8-14(17)7-12/h6-8,11,18H,2-5,9-10H2,1H3. The van der Waals surface area contributed by atoms with Crippen molar-refractivity contribution < 1.29 is 9.18 Å². The van der Waals surface area contributed by atoms with Crippen LogP contribution in [0.25, 0.3) is 0 Å². The zero-order valence-corrected chi connectivity index (χ0v) is 13.2. The van der Waals surface area contributed by atoms with Crippen molar-refractivity contribution in [1.82, 2.24) is 10.2 Å². The van der Waals surface area contributed by atoms with Crippen LogP contribution in [0.5, 0.6) is 0 Å². The minimum atomic E-state index is -0.391. The number of carbonyl (C=O) groups is 1. The van der Waals surface area contributed by atoms with Crippen molar-refractivity contribution in [3.63, 3.8) is 0 Å². The lowest BCUT2D eigenvalue weighted by atomic mass is 9.98. The summed E-state index contributed by atoms with van der Waals surface area (Å²) in [6, 6.07) is 4.33. The molecule has 0 bridgehead atoms. The van der Waals surface area contributed by atoms with Crippen LogP contribution in [0.4, 0.5) is 4.39 Å². The molecule has 0 spiro atoms. The smallest absolute Gasteiger partial charge is 0.253 e. The van der Waals surface area contributed by atoms with Crippen LogP contribution in [-0.2, 0) is 0 Å². The minimum absolute atomic E-state index is 0.0988. The molecule has 1 aliphatic rings. The van der Waals surface area contributed by atoms with Crippen LogP contribution in [0.15, 0.2) is 22.7 Å². The lowest BCUT2D eigenvalue weighted by Gasteiger charge is -2.29. The van der Waals surface area contributed by atoms with Gasteiger partial charge in [-0.2, -0.15) is 0 Å². The van der Waals surface area contributed by atoms with Crippen molar-refractivity contribution in [1.29, 1.82) is 0 Å². The molecule has 0 aromatic heterocycles. The molecule has 0 aliphatic carbocycles. The first kappa shape index (κ1) is 15.4. The highest BCUT2D eigenvalue weighted by Crippen LogP contribution is 2.18. The van der Waals surface area contributed by atoms with Crippen LogP contribution in [0.2, 0.25) is 0 Å². The largest absolute Gasteiger partial charge is 0.339 e. The van der Waals surface area contributed by atoms with Crippen LogP contribution >= 0.6 is 15.9 Å². The van der Waals surface area contributed by atoms with Gasteiger partial charge in [-0.25, -0.2) is 4.39 Å². The predicted octanol–water partition coefficient (Wildman–Crippen LogP) is 3.05. The van der Waals surface area contributed by atoms with E-state index < -0.39 is 5.82 Å². The van der Waals surface area contributed by atoms with E-state index in [4.69, 9.17) is 0 Å². The quantitative estimate of drug-likeness (QED) is 0.911. The Morgan fingerprint density at radius 2 is 2.30 bits per heavy atom. The lowest BCUT2D eigenvalue weighted by Crippen LogP contribution is -2.41. The van der Waals surface area contributed by atoms with E-state index in [0.717, 1.165) is 32.5 Å². The van der Waals surface area contributed by atoms with Crippen molar-refractivity contribution in [3.8, 4) is 0 Å². The van der Waals surface area contributed by atoms with E-state index >= 15 is 0 Å². The van der Waals surface area contributed by atoms with E-state index in [9.17, 15) is 9.18 Å². The Morgan fingerprint density at radius 1 is 1.50 bits per heavy atom. The van der Waals surface area contributed by atoms with E-state index in [1.54, 1.807) is 11.0 Å². The van der Waals surface area contributed by atoms with Crippen LogP contribution < -0.4 is 5.32 Å². The first-order valence-electron chi connectivity index (χ1n) is 7.06. The first-order valence-corrected chi connectivity index (χ1v) is 7.85. The molecule has 1 amide bonds. The van der Waals surface area contributed by atoms with Gasteiger partial charge in [0.25, 0.3) is 5.91 Å². The van der Waals surface area contributed by atoms with Crippen molar-refractivity contribution in [3.05, 3.63) is 34.1 Å². The second kappa shape index (κ2) is 7.18. The van der Waals surface area contributed by atoms with Crippen molar-refractivity contribution in [2.45, 2.75) is 19.8 Å². The van der Waals surface area contributed by atoms with Gasteiger partial charge in [-0.3, -0.25) is 4.79 Å². The molecule has 1 atom stereocenters. The van der Waals surface area contributed by atoms with Gasteiger partial charge in [0.1, 0.15) is 5.82 Å². The molecule has 1 fully saturated rings. The summed E-state index contributed by atoms with van der Waals surface area (Å²) in [5.41, 5.74) is 0.405. The van der Waals surface area contributed by atoms with Crippen LogP contribution in [0.1, 0.15) is 30.1 Å². The maximum Gasteiger partial charge on any atom is 0.253 e. The SMILES string of the molecule is CCN(CC1CCCNC1)C(=O)c1cc(F)cc(Br)c1. The van der Waals surface area contributed by atoms with Gasteiger partial charge in [0.05, 0.1) is 0 Å². The molecule has 1 heterocycles. The van der Waals surface area contributed by atoms with Gasteiger partial charge in [-0.15, -0.1) is 0 Å². The summed E-state index contributed by atoms with van der Waals surface area (Å²) >= 11 is 3.23. The maximum atomic E-state index is 13.4. The van der Waals surface area contributed by atoms with Gasteiger partial charge in [0, 0.05) is 23.1 Å². The molecular formula is C15H20BrFN2O. The number of carbonyl (C=O) groups excluding carboxylic acids is 1. The zero-order valence-electron chi connectivity index (χ0n) is 11.7. The Labute approximate surface area is 127 Å². The molecule has 20 heavy (non-hydrogen) atoms. The fourth-order valence-electron chi connectivity index (χ4n) is 2.61. The number of hydrogen-bond donors (Lipinski definition) is 1. The third-order valence-corrected chi connectivity index (χ3v) is 4.11. The van der Waals surface area contributed by atoms with E-state index in [1.165, 1.54) is 12.1 Å². The number of benzene rings is 1. The molecule has 1 saturated heterocycles. The molecule has 3 nitrogen and oxygen atoms in total. The second-order valence-corrected chi connectivity index (χ2v) is 6.13. The van der Waals surface area contributed by atoms with Gasteiger partial charge < -0.3 is 10.2 Å². The Kier molecular flexibility index (Phi) is 5.54. The molecule has 0 saturated carbocycles. The molecule has 5 heteroatoms. The van der Waals surface area contributed by atoms with Crippen LogP contribution in [0, 0.1) is 11.7 Å².